The zero-order chi connectivity index (χ0) is 17.9. The summed E-state index contributed by atoms with van der Waals surface area (Å²) in [5.41, 5.74) is 2.88. The third-order valence-corrected chi connectivity index (χ3v) is 5.15. The zero-order valence-corrected chi connectivity index (χ0v) is 15.1. The minimum atomic E-state index is -0.0489. The molecule has 0 unspecified atom stereocenters. The van der Waals surface area contributed by atoms with Gasteiger partial charge in [0.05, 0.1) is 0 Å². The summed E-state index contributed by atoms with van der Waals surface area (Å²) in [6, 6.07) is 15.8. The third-order valence-electron chi connectivity index (χ3n) is 5.15. The van der Waals surface area contributed by atoms with Crippen LogP contribution in [0.3, 0.4) is 0 Å². The molecule has 1 aromatic heterocycles. The monoisotopic (exact) mass is 348 g/mol. The first-order valence-corrected chi connectivity index (χ1v) is 9.29. The molecule has 4 heteroatoms. The van der Waals surface area contributed by atoms with E-state index in [4.69, 9.17) is 4.74 Å². The van der Waals surface area contributed by atoms with Crippen molar-refractivity contribution < 1.29 is 4.74 Å². The van der Waals surface area contributed by atoms with Crippen LogP contribution in [0.2, 0.25) is 0 Å². The number of likely N-dealkylation sites (tertiary alicyclic amines) is 1. The lowest BCUT2D eigenvalue weighted by atomic mass is 10.0. The molecule has 4 nitrogen and oxygen atoms in total. The van der Waals surface area contributed by atoms with Crippen LogP contribution in [-0.2, 0) is 0 Å². The number of nitrogens with one attached hydrogen (secondary N) is 1. The van der Waals surface area contributed by atoms with Gasteiger partial charge >= 0.3 is 0 Å². The van der Waals surface area contributed by atoms with Crippen molar-refractivity contribution in [1.29, 1.82) is 0 Å². The minimum absolute atomic E-state index is 0.0489. The molecule has 1 aliphatic heterocycles. The predicted molar refractivity (Wildman–Crippen MR) is 106 cm³/mol. The van der Waals surface area contributed by atoms with Crippen LogP contribution in [0.1, 0.15) is 18.4 Å². The summed E-state index contributed by atoms with van der Waals surface area (Å²) in [6.45, 7) is 6.11. The number of hydrogen-bond acceptors (Lipinski definition) is 3. The number of aromatic amines is 1. The molecule has 0 saturated carbocycles. The first kappa shape index (κ1) is 16.9. The van der Waals surface area contributed by atoms with Crippen LogP contribution in [-0.4, -0.2) is 36.1 Å². The van der Waals surface area contributed by atoms with Gasteiger partial charge in [0.25, 0.3) is 5.56 Å². The molecule has 0 radical (unpaired) electrons. The second-order valence-corrected chi connectivity index (χ2v) is 6.97. The first-order chi connectivity index (χ1) is 12.7. The van der Waals surface area contributed by atoms with Gasteiger partial charge in [-0.25, -0.2) is 0 Å². The molecule has 1 aliphatic rings. The number of benzene rings is 2. The van der Waals surface area contributed by atoms with Crippen LogP contribution < -0.4 is 10.3 Å². The van der Waals surface area contributed by atoms with Crippen LogP contribution in [0.25, 0.3) is 22.0 Å². The van der Waals surface area contributed by atoms with Gasteiger partial charge in [-0.1, -0.05) is 12.1 Å². The zero-order valence-electron chi connectivity index (χ0n) is 15.1. The van der Waals surface area contributed by atoms with Crippen LogP contribution in [0, 0.1) is 6.92 Å². The Morgan fingerprint density at radius 1 is 1.04 bits per heavy atom. The fraction of sp³-hybridized carbons (Fsp3) is 0.318. The van der Waals surface area contributed by atoms with Crippen molar-refractivity contribution in [1.82, 2.24) is 9.88 Å². The van der Waals surface area contributed by atoms with Crippen molar-refractivity contribution in [3.63, 3.8) is 0 Å². The SMILES string of the molecule is Cc1cccc2c(=O)[nH]c(-c3ccc(OCCN4CCCC4)cc3)cc12. The highest BCUT2D eigenvalue weighted by Crippen LogP contribution is 2.24. The van der Waals surface area contributed by atoms with E-state index >= 15 is 0 Å². The van der Waals surface area contributed by atoms with Crippen molar-refractivity contribution in [2.75, 3.05) is 26.2 Å². The van der Waals surface area contributed by atoms with E-state index in [1.807, 2.05) is 49.4 Å². The number of nitrogens with zero attached hydrogens (tertiary/aromatic N) is 1. The predicted octanol–water partition coefficient (Wildman–Crippen LogP) is 3.98. The number of H-pyrrole nitrogens is 1. The van der Waals surface area contributed by atoms with Crippen LogP contribution in [0.15, 0.2) is 53.3 Å². The van der Waals surface area contributed by atoms with E-state index in [0.29, 0.717) is 6.61 Å². The first-order valence-electron chi connectivity index (χ1n) is 9.29. The number of fused-ring (bicyclic) bond motifs is 1. The van der Waals surface area contributed by atoms with E-state index in [2.05, 4.69) is 16.0 Å². The molecular formula is C22H24N2O2. The summed E-state index contributed by atoms with van der Waals surface area (Å²) in [7, 11) is 0. The molecule has 0 bridgehead atoms. The lowest BCUT2D eigenvalue weighted by molar-refractivity contribution is 0.238. The van der Waals surface area contributed by atoms with Crippen molar-refractivity contribution >= 4 is 10.8 Å². The van der Waals surface area contributed by atoms with E-state index in [0.717, 1.165) is 39.9 Å². The summed E-state index contributed by atoms with van der Waals surface area (Å²) >= 11 is 0. The van der Waals surface area contributed by atoms with E-state index in [1.165, 1.54) is 25.9 Å². The van der Waals surface area contributed by atoms with Gasteiger partial charge < -0.3 is 9.72 Å². The largest absolute Gasteiger partial charge is 0.492 e. The van der Waals surface area contributed by atoms with Gasteiger partial charge in [0.2, 0.25) is 0 Å². The van der Waals surface area contributed by atoms with Crippen molar-refractivity contribution in [3.05, 3.63) is 64.4 Å². The Bertz CT molecular complexity index is 954. The molecule has 0 amide bonds. The fourth-order valence-corrected chi connectivity index (χ4v) is 3.63. The molecule has 2 heterocycles. The Balaban J connectivity index is 1.50. The molecule has 0 aliphatic carbocycles. The Labute approximate surface area is 153 Å². The fourth-order valence-electron chi connectivity index (χ4n) is 3.63. The van der Waals surface area contributed by atoms with E-state index in [9.17, 15) is 4.79 Å². The lowest BCUT2D eigenvalue weighted by Gasteiger charge is -2.15. The molecule has 26 heavy (non-hydrogen) atoms. The molecular weight excluding hydrogens is 324 g/mol. The maximum absolute atomic E-state index is 12.4. The molecule has 4 rings (SSSR count). The van der Waals surface area contributed by atoms with Crippen LogP contribution >= 0.6 is 0 Å². The molecule has 2 aromatic carbocycles. The Hall–Kier alpha value is -2.59. The second kappa shape index (κ2) is 7.34. The summed E-state index contributed by atoms with van der Waals surface area (Å²) in [4.78, 5) is 17.8. The highest BCUT2D eigenvalue weighted by molar-refractivity contribution is 5.87. The number of hydrogen-bond donors (Lipinski definition) is 1. The molecule has 1 N–H and O–H groups in total. The number of aromatic nitrogens is 1. The van der Waals surface area contributed by atoms with Gasteiger partial charge in [-0.15, -0.1) is 0 Å². The molecule has 134 valence electrons. The maximum Gasteiger partial charge on any atom is 0.256 e. The van der Waals surface area contributed by atoms with Crippen LogP contribution in [0.4, 0.5) is 0 Å². The molecule has 0 atom stereocenters. The standard InChI is InChI=1S/C22H24N2O2/c1-16-5-4-6-19-20(16)15-21(23-22(19)25)17-7-9-18(10-8-17)26-14-13-24-11-2-3-12-24/h4-10,15H,2-3,11-14H2,1H3,(H,23,25). The quantitative estimate of drug-likeness (QED) is 0.759. The number of ether oxygens (including phenoxy) is 1. The van der Waals surface area contributed by atoms with Crippen molar-refractivity contribution in [3.8, 4) is 17.0 Å². The highest BCUT2D eigenvalue weighted by Gasteiger charge is 2.11. The summed E-state index contributed by atoms with van der Waals surface area (Å²) in [5, 5.41) is 1.73. The van der Waals surface area contributed by atoms with Crippen LogP contribution in [0.5, 0.6) is 5.75 Å². The number of rotatable bonds is 5. The van der Waals surface area contributed by atoms with Gasteiger partial charge in [0.15, 0.2) is 0 Å². The smallest absolute Gasteiger partial charge is 0.256 e. The van der Waals surface area contributed by atoms with Gasteiger partial charge in [-0.2, -0.15) is 0 Å². The van der Waals surface area contributed by atoms with Gasteiger partial charge in [-0.05, 0) is 85.8 Å². The number of aryl methyl sites for hydroxylation is 1. The molecule has 1 saturated heterocycles. The summed E-state index contributed by atoms with van der Waals surface area (Å²) < 4.78 is 5.86. The topological polar surface area (TPSA) is 45.3 Å². The second-order valence-electron chi connectivity index (χ2n) is 6.97. The lowest BCUT2D eigenvalue weighted by Crippen LogP contribution is -2.25. The average Bonchev–Trinajstić information content (AvgIpc) is 3.17. The van der Waals surface area contributed by atoms with Gasteiger partial charge in [0.1, 0.15) is 12.4 Å². The molecule has 1 fully saturated rings. The summed E-state index contributed by atoms with van der Waals surface area (Å²) in [5.74, 6) is 0.868. The Morgan fingerprint density at radius 2 is 1.81 bits per heavy atom. The minimum Gasteiger partial charge on any atom is -0.492 e. The highest BCUT2D eigenvalue weighted by atomic mass is 16.5. The third kappa shape index (κ3) is 3.51. The summed E-state index contributed by atoms with van der Waals surface area (Å²) in [6.07, 6.45) is 2.61. The normalized spacial score (nSPS) is 14.8. The van der Waals surface area contributed by atoms with Gasteiger partial charge in [0, 0.05) is 17.6 Å². The van der Waals surface area contributed by atoms with Crippen molar-refractivity contribution in [2.24, 2.45) is 0 Å². The van der Waals surface area contributed by atoms with E-state index in [1.54, 1.807) is 0 Å². The van der Waals surface area contributed by atoms with Gasteiger partial charge in [-0.3, -0.25) is 9.69 Å². The molecule has 0 spiro atoms. The van der Waals surface area contributed by atoms with Crippen molar-refractivity contribution in [2.45, 2.75) is 19.8 Å². The maximum atomic E-state index is 12.4. The Morgan fingerprint density at radius 3 is 2.58 bits per heavy atom. The average molecular weight is 348 g/mol. The Kier molecular flexibility index (Phi) is 4.76. The van der Waals surface area contributed by atoms with E-state index in [-0.39, 0.29) is 5.56 Å². The number of pyridine rings is 1. The molecule has 3 aromatic rings. The van der Waals surface area contributed by atoms with E-state index < -0.39 is 0 Å².